The molecule has 0 unspecified atom stereocenters. The van der Waals surface area contributed by atoms with Crippen molar-refractivity contribution in [1.29, 1.82) is 0 Å². The van der Waals surface area contributed by atoms with Crippen LogP contribution in [0, 0.1) is 5.82 Å². The molecule has 1 heterocycles. The van der Waals surface area contributed by atoms with Crippen LogP contribution in [0.15, 0.2) is 53.9 Å². The van der Waals surface area contributed by atoms with Crippen LogP contribution >= 0.6 is 11.3 Å². The van der Waals surface area contributed by atoms with E-state index in [1.807, 2.05) is 29.6 Å². The van der Waals surface area contributed by atoms with E-state index in [0.717, 1.165) is 15.6 Å². The molecule has 0 aliphatic carbocycles. The molecule has 0 fully saturated rings. The largest absolute Gasteiger partial charge is 0.294 e. The van der Waals surface area contributed by atoms with Crippen LogP contribution in [0.1, 0.15) is 15.9 Å². The van der Waals surface area contributed by atoms with E-state index in [-0.39, 0.29) is 18.0 Å². The van der Waals surface area contributed by atoms with Gasteiger partial charge in [-0.05, 0) is 23.8 Å². The Morgan fingerprint density at radius 2 is 1.95 bits per heavy atom. The molecule has 1 aromatic heterocycles. The van der Waals surface area contributed by atoms with E-state index in [2.05, 4.69) is 0 Å². The maximum absolute atomic E-state index is 13.1. The molecule has 1 nitrogen and oxygen atoms in total. The van der Waals surface area contributed by atoms with Gasteiger partial charge in [0.15, 0.2) is 5.78 Å². The third-order valence-corrected chi connectivity index (χ3v) is 4.00. The minimum atomic E-state index is -0.305. The van der Waals surface area contributed by atoms with Gasteiger partial charge in [-0.25, -0.2) is 4.39 Å². The van der Waals surface area contributed by atoms with Crippen LogP contribution in [-0.4, -0.2) is 5.78 Å². The van der Waals surface area contributed by atoms with Gasteiger partial charge < -0.3 is 0 Å². The molecule has 3 aromatic rings. The Bertz CT molecular complexity index is 745. The molecule has 0 bridgehead atoms. The average molecular weight is 270 g/mol. The Morgan fingerprint density at radius 1 is 1.11 bits per heavy atom. The fraction of sp³-hybridized carbons (Fsp3) is 0.0625. The summed E-state index contributed by atoms with van der Waals surface area (Å²) in [6, 6.07) is 14.0. The fourth-order valence-electron chi connectivity index (χ4n) is 2.12. The predicted octanol–water partition coefficient (Wildman–Crippen LogP) is 4.47. The SMILES string of the molecule is O=C(Cc1cccc(F)c1)c1csc2ccccc12. The summed E-state index contributed by atoms with van der Waals surface area (Å²) < 4.78 is 14.2. The number of hydrogen-bond acceptors (Lipinski definition) is 2. The second-order valence-electron chi connectivity index (χ2n) is 4.38. The normalized spacial score (nSPS) is 10.8. The lowest BCUT2D eigenvalue weighted by molar-refractivity contribution is 0.0995. The zero-order valence-electron chi connectivity index (χ0n) is 10.1. The van der Waals surface area contributed by atoms with Crippen LogP contribution in [0.25, 0.3) is 10.1 Å². The van der Waals surface area contributed by atoms with Gasteiger partial charge in [-0.3, -0.25) is 4.79 Å². The van der Waals surface area contributed by atoms with E-state index in [0.29, 0.717) is 5.56 Å². The Hall–Kier alpha value is -2.00. The number of carbonyl (C=O) groups is 1. The Labute approximate surface area is 114 Å². The zero-order valence-corrected chi connectivity index (χ0v) is 10.9. The minimum absolute atomic E-state index is 0.0306. The molecular formula is C16H11FOS. The Kier molecular flexibility index (Phi) is 3.13. The van der Waals surface area contributed by atoms with Crippen molar-refractivity contribution in [3.8, 4) is 0 Å². The van der Waals surface area contributed by atoms with E-state index in [1.165, 1.54) is 12.1 Å². The van der Waals surface area contributed by atoms with E-state index in [4.69, 9.17) is 0 Å². The van der Waals surface area contributed by atoms with Gasteiger partial charge in [0.25, 0.3) is 0 Å². The van der Waals surface area contributed by atoms with Gasteiger partial charge >= 0.3 is 0 Å². The van der Waals surface area contributed by atoms with Crippen LogP contribution < -0.4 is 0 Å². The molecule has 94 valence electrons. The first kappa shape index (κ1) is 12.1. The first-order valence-electron chi connectivity index (χ1n) is 5.98. The quantitative estimate of drug-likeness (QED) is 0.642. The van der Waals surface area contributed by atoms with Crippen molar-refractivity contribution in [1.82, 2.24) is 0 Å². The molecule has 0 saturated carbocycles. The number of fused-ring (bicyclic) bond motifs is 1. The second-order valence-corrected chi connectivity index (χ2v) is 5.29. The molecule has 0 aliphatic rings. The minimum Gasteiger partial charge on any atom is -0.294 e. The van der Waals surface area contributed by atoms with Gasteiger partial charge in [-0.15, -0.1) is 11.3 Å². The van der Waals surface area contributed by atoms with Crippen LogP contribution in [0.5, 0.6) is 0 Å². The van der Waals surface area contributed by atoms with E-state index in [1.54, 1.807) is 23.5 Å². The van der Waals surface area contributed by atoms with E-state index in [9.17, 15) is 9.18 Å². The summed E-state index contributed by atoms with van der Waals surface area (Å²) >= 11 is 1.56. The molecule has 3 rings (SSSR count). The number of Topliss-reactive ketones (excluding diaryl/α,β-unsaturated/α-hetero) is 1. The standard InChI is InChI=1S/C16H11FOS/c17-12-5-3-4-11(8-12)9-15(18)14-10-19-16-7-2-1-6-13(14)16/h1-8,10H,9H2. The molecule has 0 aliphatic heterocycles. The highest BCUT2D eigenvalue weighted by Gasteiger charge is 2.12. The molecule has 0 radical (unpaired) electrons. The van der Waals surface area contributed by atoms with Crippen molar-refractivity contribution in [2.24, 2.45) is 0 Å². The van der Waals surface area contributed by atoms with Crippen molar-refractivity contribution in [3.05, 3.63) is 70.9 Å². The number of benzene rings is 2. The summed E-state index contributed by atoms with van der Waals surface area (Å²) in [6.07, 6.45) is 0.235. The topological polar surface area (TPSA) is 17.1 Å². The highest BCUT2D eigenvalue weighted by Crippen LogP contribution is 2.26. The van der Waals surface area contributed by atoms with Crippen molar-refractivity contribution in [3.63, 3.8) is 0 Å². The molecule has 0 N–H and O–H groups in total. The molecule has 0 amide bonds. The van der Waals surface area contributed by atoms with Gasteiger partial charge in [-0.1, -0.05) is 30.3 Å². The van der Waals surface area contributed by atoms with Gasteiger partial charge in [0.2, 0.25) is 0 Å². The maximum atomic E-state index is 13.1. The van der Waals surface area contributed by atoms with E-state index < -0.39 is 0 Å². The summed E-state index contributed by atoms with van der Waals surface area (Å²) in [6.45, 7) is 0. The second kappa shape index (κ2) is 4.94. The molecule has 2 aromatic carbocycles. The smallest absolute Gasteiger partial charge is 0.168 e. The molecular weight excluding hydrogens is 259 g/mol. The summed E-state index contributed by atoms with van der Waals surface area (Å²) in [7, 11) is 0. The van der Waals surface area contributed by atoms with Crippen LogP contribution in [-0.2, 0) is 6.42 Å². The number of carbonyl (C=O) groups excluding carboxylic acids is 1. The van der Waals surface area contributed by atoms with Gasteiger partial charge in [0.1, 0.15) is 5.82 Å². The molecule has 0 atom stereocenters. The van der Waals surface area contributed by atoms with E-state index >= 15 is 0 Å². The van der Waals surface area contributed by atoms with Gasteiger partial charge in [-0.2, -0.15) is 0 Å². The lowest BCUT2D eigenvalue weighted by Crippen LogP contribution is -2.02. The van der Waals surface area contributed by atoms with Crippen LogP contribution in [0.3, 0.4) is 0 Å². The molecule has 0 spiro atoms. The monoisotopic (exact) mass is 270 g/mol. The third-order valence-electron chi connectivity index (χ3n) is 3.04. The zero-order chi connectivity index (χ0) is 13.2. The van der Waals surface area contributed by atoms with Crippen LogP contribution in [0.2, 0.25) is 0 Å². The Morgan fingerprint density at radius 3 is 2.79 bits per heavy atom. The van der Waals surface area contributed by atoms with Crippen LogP contribution in [0.4, 0.5) is 4.39 Å². The Balaban J connectivity index is 1.92. The lowest BCUT2D eigenvalue weighted by Gasteiger charge is -2.01. The number of thiophene rings is 1. The molecule has 3 heteroatoms. The van der Waals surface area contributed by atoms with Gasteiger partial charge in [0, 0.05) is 27.5 Å². The highest BCUT2D eigenvalue weighted by atomic mass is 32.1. The predicted molar refractivity (Wildman–Crippen MR) is 76.3 cm³/mol. The first-order valence-corrected chi connectivity index (χ1v) is 6.86. The highest BCUT2D eigenvalue weighted by molar-refractivity contribution is 7.17. The molecule has 19 heavy (non-hydrogen) atoms. The summed E-state index contributed by atoms with van der Waals surface area (Å²) in [5, 5.41) is 2.86. The van der Waals surface area contributed by atoms with Crippen molar-refractivity contribution >= 4 is 27.2 Å². The number of ketones is 1. The van der Waals surface area contributed by atoms with Crippen molar-refractivity contribution in [2.75, 3.05) is 0 Å². The third kappa shape index (κ3) is 2.42. The molecule has 0 saturated heterocycles. The van der Waals surface area contributed by atoms with Crippen molar-refractivity contribution in [2.45, 2.75) is 6.42 Å². The lowest BCUT2D eigenvalue weighted by atomic mass is 10.0. The van der Waals surface area contributed by atoms with Gasteiger partial charge in [0.05, 0.1) is 0 Å². The summed E-state index contributed by atoms with van der Waals surface area (Å²) in [5.74, 6) is -0.275. The number of halogens is 1. The summed E-state index contributed by atoms with van der Waals surface area (Å²) in [4.78, 5) is 12.3. The number of rotatable bonds is 3. The maximum Gasteiger partial charge on any atom is 0.168 e. The first-order chi connectivity index (χ1) is 9.24. The average Bonchev–Trinajstić information content (AvgIpc) is 2.82. The number of hydrogen-bond donors (Lipinski definition) is 0. The van der Waals surface area contributed by atoms with Crippen molar-refractivity contribution < 1.29 is 9.18 Å². The summed E-state index contributed by atoms with van der Waals surface area (Å²) in [5.41, 5.74) is 1.44. The fourth-order valence-corrected chi connectivity index (χ4v) is 3.09.